The van der Waals surface area contributed by atoms with Gasteiger partial charge in [0.1, 0.15) is 0 Å². The smallest absolute Gasteiger partial charge is 0.230 e. The van der Waals surface area contributed by atoms with Crippen molar-refractivity contribution in [3.05, 3.63) is 0 Å². The second kappa shape index (κ2) is 6.22. The Bertz CT molecular complexity index is 486. The first-order chi connectivity index (χ1) is 9.78. The van der Waals surface area contributed by atoms with Crippen molar-refractivity contribution in [2.75, 3.05) is 18.8 Å². The number of sulfonamides is 1. The lowest BCUT2D eigenvalue weighted by molar-refractivity contribution is -0.142. The molecule has 2 fully saturated rings. The maximum atomic E-state index is 12.7. The van der Waals surface area contributed by atoms with Crippen molar-refractivity contribution in [3.63, 3.8) is 0 Å². The molecule has 0 aromatic heterocycles. The number of amides is 1. The number of likely N-dealkylation sites (tertiary alicyclic amines) is 1. The second-order valence-corrected chi connectivity index (χ2v) is 8.55. The highest BCUT2D eigenvalue weighted by molar-refractivity contribution is 7.89. The van der Waals surface area contributed by atoms with E-state index in [9.17, 15) is 13.2 Å². The highest BCUT2D eigenvalue weighted by Gasteiger charge is 2.45. The largest absolute Gasteiger partial charge is 0.342 e. The molecule has 0 radical (unpaired) electrons. The third-order valence-electron chi connectivity index (χ3n) is 5.03. The predicted molar refractivity (Wildman–Crippen MR) is 82.1 cm³/mol. The minimum Gasteiger partial charge on any atom is -0.342 e. The second-order valence-electron chi connectivity index (χ2n) is 6.50. The van der Waals surface area contributed by atoms with Gasteiger partial charge in [0.15, 0.2) is 0 Å². The van der Waals surface area contributed by atoms with Gasteiger partial charge in [-0.2, -0.15) is 0 Å². The summed E-state index contributed by atoms with van der Waals surface area (Å²) in [5, 5.41) is 0. The number of piperidine rings is 1. The van der Waals surface area contributed by atoms with E-state index in [1.54, 1.807) is 6.92 Å². The van der Waals surface area contributed by atoms with Crippen LogP contribution in [0.4, 0.5) is 0 Å². The van der Waals surface area contributed by atoms with E-state index in [4.69, 9.17) is 5.73 Å². The molecule has 2 rings (SSSR count). The summed E-state index contributed by atoms with van der Waals surface area (Å²) >= 11 is 0. The molecular formula is C14H27N3O3S. The topological polar surface area (TPSA) is 92.5 Å². The number of hydrogen-bond acceptors (Lipinski definition) is 4. The summed E-state index contributed by atoms with van der Waals surface area (Å²) < 4.78 is 25.9. The van der Waals surface area contributed by atoms with E-state index in [1.807, 2.05) is 11.8 Å². The lowest BCUT2D eigenvalue weighted by Crippen LogP contribution is -2.53. The van der Waals surface area contributed by atoms with E-state index in [-0.39, 0.29) is 23.7 Å². The van der Waals surface area contributed by atoms with Gasteiger partial charge < -0.3 is 10.6 Å². The summed E-state index contributed by atoms with van der Waals surface area (Å²) in [6, 6.07) is -0.106. The highest BCUT2D eigenvalue weighted by Crippen LogP contribution is 2.38. The van der Waals surface area contributed by atoms with Crippen LogP contribution in [-0.4, -0.2) is 50.2 Å². The summed E-state index contributed by atoms with van der Waals surface area (Å²) in [6.45, 7) is 4.82. The predicted octanol–water partition coefficient (Wildman–Crippen LogP) is 0.434. The van der Waals surface area contributed by atoms with Crippen molar-refractivity contribution in [1.29, 1.82) is 0 Å². The minimum absolute atomic E-state index is 0.0518. The average molecular weight is 317 g/mol. The van der Waals surface area contributed by atoms with E-state index in [0.29, 0.717) is 25.9 Å². The molecule has 6 nitrogen and oxygen atoms in total. The van der Waals surface area contributed by atoms with E-state index in [1.165, 1.54) is 0 Å². The first-order valence-corrected chi connectivity index (χ1v) is 9.48. The van der Waals surface area contributed by atoms with Gasteiger partial charge in [-0.05, 0) is 39.5 Å². The van der Waals surface area contributed by atoms with E-state index in [2.05, 4.69) is 4.72 Å². The third kappa shape index (κ3) is 3.57. The fourth-order valence-electron chi connectivity index (χ4n) is 3.36. The molecular weight excluding hydrogens is 290 g/mol. The normalized spacial score (nSPS) is 31.6. The van der Waals surface area contributed by atoms with Crippen LogP contribution in [0, 0.1) is 5.41 Å². The molecule has 1 aliphatic carbocycles. The van der Waals surface area contributed by atoms with Crippen molar-refractivity contribution in [1.82, 2.24) is 9.62 Å². The molecule has 1 saturated carbocycles. The maximum absolute atomic E-state index is 12.7. The van der Waals surface area contributed by atoms with Gasteiger partial charge in [0.05, 0.1) is 11.2 Å². The zero-order chi connectivity index (χ0) is 15.7. The van der Waals surface area contributed by atoms with Crippen molar-refractivity contribution >= 4 is 15.9 Å². The molecule has 2 aliphatic rings. The third-order valence-corrected chi connectivity index (χ3v) is 6.48. The molecule has 21 heavy (non-hydrogen) atoms. The van der Waals surface area contributed by atoms with Crippen LogP contribution in [0.15, 0.2) is 0 Å². The number of hydrogen-bond donors (Lipinski definition) is 2. The summed E-state index contributed by atoms with van der Waals surface area (Å²) in [7, 11) is -3.17. The average Bonchev–Trinajstić information content (AvgIpc) is 2.79. The maximum Gasteiger partial charge on any atom is 0.230 e. The number of rotatable bonds is 4. The first kappa shape index (κ1) is 16.7. The van der Waals surface area contributed by atoms with Crippen molar-refractivity contribution in [2.45, 2.75) is 58.0 Å². The molecule has 122 valence electrons. The van der Waals surface area contributed by atoms with Gasteiger partial charge in [0.2, 0.25) is 15.9 Å². The Balaban J connectivity index is 1.91. The first-order valence-electron chi connectivity index (χ1n) is 7.83. The van der Waals surface area contributed by atoms with Gasteiger partial charge in [-0.25, -0.2) is 13.1 Å². The Hall–Kier alpha value is -0.660. The molecule has 1 heterocycles. The molecule has 2 unspecified atom stereocenters. The Morgan fingerprint density at radius 3 is 2.43 bits per heavy atom. The zero-order valence-corrected chi connectivity index (χ0v) is 13.8. The SMILES string of the molecule is CCS(=O)(=O)NC1CCN(C(=O)C2(C)CCCC2N)CC1. The molecule has 0 aromatic rings. The van der Waals surface area contributed by atoms with Crippen LogP contribution in [0.2, 0.25) is 0 Å². The standard InChI is InChI=1S/C14H27N3O3S/c1-3-21(19,20)16-11-6-9-17(10-7-11)13(18)14(2)8-4-5-12(14)15/h11-12,16H,3-10,15H2,1-2H3. The van der Waals surface area contributed by atoms with Gasteiger partial charge in [-0.1, -0.05) is 6.42 Å². The lowest BCUT2D eigenvalue weighted by atomic mass is 9.83. The minimum atomic E-state index is -3.17. The fourth-order valence-corrected chi connectivity index (χ4v) is 4.27. The number of carbonyl (C=O) groups excluding carboxylic acids is 1. The molecule has 0 aromatic carbocycles. The zero-order valence-electron chi connectivity index (χ0n) is 13.0. The Kier molecular flexibility index (Phi) is 4.95. The van der Waals surface area contributed by atoms with Crippen LogP contribution in [0.25, 0.3) is 0 Å². The molecule has 1 amide bonds. The number of nitrogens with one attached hydrogen (secondary N) is 1. The number of nitrogens with zero attached hydrogens (tertiary/aromatic N) is 1. The molecule has 1 aliphatic heterocycles. The van der Waals surface area contributed by atoms with Crippen molar-refractivity contribution < 1.29 is 13.2 Å². The Morgan fingerprint density at radius 2 is 1.95 bits per heavy atom. The van der Waals surface area contributed by atoms with Crippen LogP contribution in [0.3, 0.4) is 0 Å². The summed E-state index contributed by atoms with van der Waals surface area (Å²) in [6.07, 6.45) is 4.13. The lowest BCUT2D eigenvalue weighted by Gasteiger charge is -2.38. The summed E-state index contributed by atoms with van der Waals surface area (Å²) in [4.78, 5) is 14.6. The molecule has 7 heteroatoms. The van der Waals surface area contributed by atoms with Crippen LogP contribution in [0.5, 0.6) is 0 Å². The Labute approximate surface area is 127 Å². The quantitative estimate of drug-likeness (QED) is 0.786. The van der Waals surface area contributed by atoms with Crippen LogP contribution in [-0.2, 0) is 14.8 Å². The molecule has 3 N–H and O–H groups in total. The van der Waals surface area contributed by atoms with Crippen molar-refractivity contribution in [2.24, 2.45) is 11.1 Å². The Morgan fingerprint density at radius 1 is 1.33 bits per heavy atom. The molecule has 2 atom stereocenters. The van der Waals surface area contributed by atoms with Gasteiger partial charge in [-0.15, -0.1) is 0 Å². The molecule has 1 saturated heterocycles. The van der Waals surface area contributed by atoms with Crippen LogP contribution < -0.4 is 10.5 Å². The number of carbonyl (C=O) groups is 1. The fraction of sp³-hybridized carbons (Fsp3) is 0.929. The van der Waals surface area contributed by atoms with Gasteiger partial charge in [0, 0.05) is 25.2 Å². The van der Waals surface area contributed by atoms with Crippen LogP contribution >= 0.6 is 0 Å². The van der Waals surface area contributed by atoms with Gasteiger partial charge in [0.25, 0.3) is 0 Å². The van der Waals surface area contributed by atoms with Gasteiger partial charge in [-0.3, -0.25) is 4.79 Å². The highest BCUT2D eigenvalue weighted by atomic mass is 32.2. The monoisotopic (exact) mass is 317 g/mol. The summed E-state index contributed by atoms with van der Waals surface area (Å²) in [5.74, 6) is 0.239. The van der Waals surface area contributed by atoms with Crippen LogP contribution in [0.1, 0.15) is 46.0 Å². The van der Waals surface area contributed by atoms with Crippen molar-refractivity contribution in [3.8, 4) is 0 Å². The molecule has 0 spiro atoms. The summed E-state index contributed by atoms with van der Waals surface area (Å²) in [5.41, 5.74) is 5.68. The van der Waals surface area contributed by atoms with E-state index in [0.717, 1.165) is 19.3 Å². The van der Waals surface area contributed by atoms with Gasteiger partial charge >= 0.3 is 0 Å². The van der Waals surface area contributed by atoms with E-state index >= 15 is 0 Å². The van der Waals surface area contributed by atoms with E-state index < -0.39 is 15.4 Å². The molecule has 0 bridgehead atoms. The number of nitrogens with two attached hydrogens (primary N) is 1.